The van der Waals surface area contributed by atoms with Crippen molar-refractivity contribution in [3.8, 4) is 0 Å². The van der Waals surface area contributed by atoms with Crippen molar-refractivity contribution >= 4 is 23.2 Å². The highest BCUT2D eigenvalue weighted by Gasteiger charge is 2.30. The number of carboxylic acids is 1. The Morgan fingerprint density at radius 3 is 2.30 bits per heavy atom. The standard InChI is InChI=1S/C17H24N2O3S/c20-16(13-5-3-1-2-4-6-13)19-9-7-12(8-10-19)15-18-11-14(23-15)17(21)22/h11-13H,1-10H2,(H,21,22). The molecule has 0 unspecified atom stereocenters. The fourth-order valence-corrected chi connectivity index (χ4v) is 4.63. The van der Waals surface area contributed by atoms with Crippen LogP contribution in [0.4, 0.5) is 0 Å². The number of nitrogens with zero attached hydrogens (tertiary/aromatic N) is 2. The molecular formula is C17H24N2O3S. The van der Waals surface area contributed by atoms with E-state index < -0.39 is 5.97 Å². The number of hydrogen-bond donors (Lipinski definition) is 1. The van der Waals surface area contributed by atoms with E-state index in [1.54, 1.807) is 0 Å². The largest absolute Gasteiger partial charge is 0.477 e. The summed E-state index contributed by atoms with van der Waals surface area (Å²) < 4.78 is 0. The topological polar surface area (TPSA) is 70.5 Å². The first-order valence-corrected chi connectivity index (χ1v) is 9.44. The number of carbonyl (C=O) groups is 2. The third-order valence-electron chi connectivity index (χ3n) is 5.09. The predicted octanol–water partition coefficient (Wildman–Crippen LogP) is 3.52. The van der Waals surface area contributed by atoms with Gasteiger partial charge >= 0.3 is 5.97 Å². The van der Waals surface area contributed by atoms with E-state index in [1.165, 1.54) is 43.2 Å². The minimum atomic E-state index is -0.908. The molecule has 0 spiro atoms. The molecule has 1 amide bonds. The van der Waals surface area contributed by atoms with Gasteiger partial charge in [0.25, 0.3) is 0 Å². The monoisotopic (exact) mass is 336 g/mol. The molecule has 0 bridgehead atoms. The van der Waals surface area contributed by atoms with Gasteiger partial charge in [-0.3, -0.25) is 4.79 Å². The van der Waals surface area contributed by atoms with Crippen molar-refractivity contribution in [2.45, 2.75) is 57.3 Å². The smallest absolute Gasteiger partial charge is 0.347 e. The number of piperidine rings is 1. The second-order valence-corrected chi connectivity index (χ2v) is 7.72. The van der Waals surface area contributed by atoms with Crippen LogP contribution in [0.15, 0.2) is 6.20 Å². The summed E-state index contributed by atoms with van der Waals surface area (Å²) in [5.41, 5.74) is 0. The summed E-state index contributed by atoms with van der Waals surface area (Å²) in [6.45, 7) is 1.56. The molecule has 0 atom stereocenters. The van der Waals surface area contributed by atoms with Gasteiger partial charge in [0, 0.05) is 24.9 Å². The van der Waals surface area contributed by atoms with Crippen LogP contribution in [0.5, 0.6) is 0 Å². The zero-order valence-corrected chi connectivity index (χ0v) is 14.2. The molecule has 5 nitrogen and oxygen atoms in total. The molecular weight excluding hydrogens is 312 g/mol. The van der Waals surface area contributed by atoms with E-state index >= 15 is 0 Å². The summed E-state index contributed by atoms with van der Waals surface area (Å²) in [5.74, 6) is -0.0377. The first kappa shape index (κ1) is 16.4. The van der Waals surface area contributed by atoms with Crippen molar-refractivity contribution in [2.75, 3.05) is 13.1 Å². The zero-order valence-electron chi connectivity index (χ0n) is 13.4. The van der Waals surface area contributed by atoms with Crippen LogP contribution in [0.1, 0.15) is 72.0 Å². The Balaban J connectivity index is 1.54. The number of thiazole rings is 1. The number of carboxylic acid groups (broad SMARTS) is 1. The molecule has 1 saturated carbocycles. The van der Waals surface area contributed by atoms with Crippen molar-refractivity contribution in [3.63, 3.8) is 0 Å². The highest BCUT2D eigenvalue weighted by Crippen LogP contribution is 2.32. The Kier molecular flexibility index (Phi) is 5.30. The van der Waals surface area contributed by atoms with Crippen LogP contribution >= 0.6 is 11.3 Å². The van der Waals surface area contributed by atoms with Crippen LogP contribution < -0.4 is 0 Å². The quantitative estimate of drug-likeness (QED) is 0.857. The Morgan fingerprint density at radius 1 is 1.09 bits per heavy atom. The molecule has 6 heteroatoms. The van der Waals surface area contributed by atoms with Crippen molar-refractivity contribution in [1.82, 2.24) is 9.88 Å². The lowest BCUT2D eigenvalue weighted by Crippen LogP contribution is -2.41. The van der Waals surface area contributed by atoms with Crippen molar-refractivity contribution in [3.05, 3.63) is 16.1 Å². The maximum absolute atomic E-state index is 12.7. The molecule has 1 saturated heterocycles. The zero-order chi connectivity index (χ0) is 16.2. The normalized spacial score (nSPS) is 21.1. The van der Waals surface area contributed by atoms with Crippen LogP contribution in [0.3, 0.4) is 0 Å². The van der Waals surface area contributed by atoms with Crippen molar-refractivity contribution in [2.24, 2.45) is 5.92 Å². The number of carbonyl (C=O) groups excluding carboxylic acids is 1. The Morgan fingerprint density at radius 2 is 1.74 bits per heavy atom. The number of aromatic nitrogens is 1. The van der Waals surface area contributed by atoms with E-state index in [2.05, 4.69) is 4.98 Å². The summed E-state index contributed by atoms with van der Waals surface area (Å²) in [6.07, 6.45) is 10.2. The van der Waals surface area contributed by atoms with Gasteiger partial charge in [-0.1, -0.05) is 25.7 Å². The lowest BCUT2D eigenvalue weighted by atomic mass is 9.94. The molecule has 1 aliphatic carbocycles. The Bertz CT molecular complexity index is 556. The first-order valence-electron chi connectivity index (χ1n) is 8.63. The number of rotatable bonds is 3. The molecule has 3 rings (SSSR count). The summed E-state index contributed by atoms with van der Waals surface area (Å²) >= 11 is 1.27. The van der Waals surface area contributed by atoms with Gasteiger partial charge < -0.3 is 10.0 Å². The second-order valence-electron chi connectivity index (χ2n) is 6.66. The van der Waals surface area contributed by atoms with Gasteiger partial charge in [-0.25, -0.2) is 9.78 Å². The number of likely N-dealkylation sites (tertiary alicyclic amines) is 1. The minimum Gasteiger partial charge on any atom is -0.477 e. The number of aromatic carboxylic acids is 1. The van der Waals surface area contributed by atoms with Gasteiger partial charge in [0.1, 0.15) is 4.88 Å². The Labute approximate surface area is 140 Å². The third-order valence-corrected chi connectivity index (χ3v) is 6.24. The molecule has 1 aliphatic heterocycles. The van der Waals surface area contributed by atoms with Crippen molar-refractivity contribution < 1.29 is 14.7 Å². The fourth-order valence-electron chi connectivity index (χ4n) is 3.71. The molecule has 0 aromatic carbocycles. The average Bonchev–Trinajstić information content (AvgIpc) is 2.91. The molecule has 1 N–H and O–H groups in total. The SMILES string of the molecule is O=C(O)c1cnc(C2CCN(C(=O)C3CCCCCC3)CC2)s1. The lowest BCUT2D eigenvalue weighted by Gasteiger charge is -2.33. The summed E-state index contributed by atoms with van der Waals surface area (Å²) in [4.78, 5) is 30.2. The highest BCUT2D eigenvalue weighted by molar-refractivity contribution is 7.13. The average molecular weight is 336 g/mol. The van der Waals surface area contributed by atoms with Crippen LogP contribution in [0.2, 0.25) is 0 Å². The van der Waals surface area contributed by atoms with E-state index in [1.807, 2.05) is 4.90 Å². The molecule has 0 radical (unpaired) electrons. The van der Waals surface area contributed by atoms with Crippen LogP contribution in [0, 0.1) is 5.92 Å². The van der Waals surface area contributed by atoms with E-state index in [9.17, 15) is 9.59 Å². The number of amides is 1. The van der Waals surface area contributed by atoms with Gasteiger partial charge in [-0.2, -0.15) is 0 Å². The predicted molar refractivity (Wildman–Crippen MR) is 88.8 cm³/mol. The van der Waals surface area contributed by atoms with Crippen LogP contribution in [0.25, 0.3) is 0 Å². The lowest BCUT2D eigenvalue weighted by molar-refractivity contribution is -0.137. The van der Waals surface area contributed by atoms with E-state index in [0.717, 1.165) is 43.8 Å². The van der Waals surface area contributed by atoms with E-state index in [0.29, 0.717) is 16.7 Å². The molecule has 23 heavy (non-hydrogen) atoms. The summed E-state index contributed by atoms with van der Waals surface area (Å²) in [6, 6.07) is 0. The molecule has 2 fully saturated rings. The maximum Gasteiger partial charge on any atom is 0.347 e. The van der Waals surface area contributed by atoms with Gasteiger partial charge in [-0.05, 0) is 25.7 Å². The van der Waals surface area contributed by atoms with Crippen molar-refractivity contribution in [1.29, 1.82) is 0 Å². The Hall–Kier alpha value is -1.43. The van der Waals surface area contributed by atoms with Gasteiger partial charge in [0.2, 0.25) is 5.91 Å². The van der Waals surface area contributed by atoms with E-state index in [4.69, 9.17) is 5.11 Å². The van der Waals surface area contributed by atoms with E-state index in [-0.39, 0.29) is 5.92 Å². The van der Waals surface area contributed by atoms with Crippen LogP contribution in [-0.4, -0.2) is 40.0 Å². The molecule has 2 aliphatic rings. The van der Waals surface area contributed by atoms with Gasteiger partial charge in [-0.15, -0.1) is 11.3 Å². The summed E-state index contributed by atoms with van der Waals surface area (Å²) in [5, 5.41) is 9.90. The number of hydrogen-bond acceptors (Lipinski definition) is 4. The highest BCUT2D eigenvalue weighted by atomic mass is 32.1. The molecule has 1 aromatic rings. The van der Waals surface area contributed by atoms with Gasteiger partial charge in [0.05, 0.1) is 11.2 Å². The maximum atomic E-state index is 12.7. The second kappa shape index (κ2) is 7.43. The molecule has 2 heterocycles. The third kappa shape index (κ3) is 3.91. The summed E-state index contributed by atoms with van der Waals surface area (Å²) in [7, 11) is 0. The van der Waals surface area contributed by atoms with Crippen LogP contribution in [-0.2, 0) is 4.79 Å². The fraction of sp³-hybridized carbons (Fsp3) is 0.706. The minimum absolute atomic E-state index is 0.229. The molecule has 1 aromatic heterocycles. The molecule has 126 valence electrons. The van der Waals surface area contributed by atoms with Gasteiger partial charge in [0.15, 0.2) is 0 Å². The first-order chi connectivity index (χ1) is 11.1.